The third-order valence-corrected chi connectivity index (χ3v) is 5.79. The number of hydrogen-bond donors (Lipinski definition) is 1. The zero-order valence-electron chi connectivity index (χ0n) is 16.2. The van der Waals surface area contributed by atoms with Crippen molar-refractivity contribution >= 4 is 5.91 Å². The number of nitrogens with one attached hydrogen (secondary N) is 1. The third-order valence-electron chi connectivity index (χ3n) is 5.79. The molecule has 4 heteroatoms. The van der Waals surface area contributed by atoms with Gasteiger partial charge < -0.3 is 15.0 Å². The minimum Gasteiger partial charge on any atom is -0.481 e. The normalized spacial score (nSPS) is 26.6. The molecule has 2 fully saturated rings. The Morgan fingerprint density at radius 1 is 1.20 bits per heavy atom. The minimum absolute atomic E-state index is 0.0857. The monoisotopic (exact) mass is 344 g/mol. The molecule has 0 spiro atoms. The fourth-order valence-corrected chi connectivity index (χ4v) is 4.27. The van der Waals surface area contributed by atoms with Gasteiger partial charge in [0.1, 0.15) is 5.75 Å². The molecule has 3 rings (SSSR count). The first-order valence-electron chi connectivity index (χ1n) is 9.65. The summed E-state index contributed by atoms with van der Waals surface area (Å²) in [6.45, 7) is 8.24. The highest BCUT2D eigenvalue weighted by Crippen LogP contribution is 2.31. The Kier molecular flexibility index (Phi) is 5.38. The van der Waals surface area contributed by atoms with E-state index in [0.29, 0.717) is 24.0 Å². The van der Waals surface area contributed by atoms with Crippen LogP contribution in [0.25, 0.3) is 0 Å². The number of rotatable bonds is 5. The summed E-state index contributed by atoms with van der Waals surface area (Å²) in [7, 11) is 1.94. The van der Waals surface area contributed by atoms with Gasteiger partial charge in [-0.1, -0.05) is 26.0 Å². The molecule has 2 aliphatic rings. The predicted molar refractivity (Wildman–Crippen MR) is 101 cm³/mol. The molecule has 2 bridgehead atoms. The van der Waals surface area contributed by atoms with E-state index < -0.39 is 6.10 Å². The largest absolute Gasteiger partial charge is 0.481 e. The van der Waals surface area contributed by atoms with Gasteiger partial charge in [0, 0.05) is 25.2 Å². The van der Waals surface area contributed by atoms with Crippen LogP contribution in [0.5, 0.6) is 5.75 Å². The molecule has 0 aromatic heterocycles. The Hall–Kier alpha value is -1.55. The van der Waals surface area contributed by atoms with Gasteiger partial charge in [0.25, 0.3) is 5.91 Å². The fourth-order valence-electron chi connectivity index (χ4n) is 4.27. The average molecular weight is 344 g/mol. The molecule has 2 aliphatic heterocycles. The lowest BCUT2D eigenvalue weighted by Gasteiger charge is -2.36. The van der Waals surface area contributed by atoms with E-state index in [1.807, 2.05) is 24.9 Å². The molecule has 2 saturated heterocycles. The van der Waals surface area contributed by atoms with Crippen LogP contribution in [0.3, 0.4) is 0 Å². The second-order valence-electron chi connectivity index (χ2n) is 8.17. The molecule has 2 heterocycles. The summed E-state index contributed by atoms with van der Waals surface area (Å²) in [4.78, 5) is 14.9. The third kappa shape index (κ3) is 4.00. The van der Waals surface area contributed by atoms with Crippen LogP contribution in [0.1, 0.15) is 63.5 Å². The molecule has 4 nitrogen and oxygen atoms in total. The summed E-state index contributed by atoms with van der Waals surface area (Å²) in [6, 6.07) is 7.76. The standard InChI is InChI=1S/C21H32N2O2/c1-13(2)19-9-6-14(3)10-20(19)25-15(4)21(24)23(5)18-11-16-7-8-17(12-18)22-16/h6,9-10,13,15-18,22H,7-8,11-12H2,1-5H3. The van der Waals surface area contributed by atoms with Crippen molar-refractivity contribution in [2.45, 2.75) is 83.5 Å². The number of fused-ring (bicyclic) bond motifs is 2. The maximum absolute atomic E-state index is 12.9. The van der Waals surface area contributed by atoms with Crippen LogP contribution in [0, 0.1) is 6.92 Å². The number of hydrogen-bond acceptors (Lipinski definition) is 3. The van der Waals surface area contributed by atoms with Crippen LogP contribution >= 0.6 is 0 Å². The highest BCUT2D eigenvalue weighted by molar-refractivity contribution is 5.81. The highest BCUT2D eigenvalue weighted by Gasteiger charge is 2.37. The van der Waals surface area contributed by atoms with E-state index in [1.54, 1.807) is 0 Å². The number of nitrogens with zero attached hydrogens (tertiary/aromatic N) is 1. The minimum atomic E-state index is -0.461. The van der Waals surface area contributed by atoms with Gasteiger partial charge in [-0.2, -0.15) is 0 Å². The first-order chi connectivity index (χ1) is 11.8. The van der Waals surface area contributed by atoms with Crippen molar-refractivity contribution in [2.24, 2.45) is 0 Å². The maximum atomic E-state index is 12.9. The molecule has 0 radical (unpaired) electrons. The van der Waals surface area contributed by atoms with Gasteiger partial charge in [-0.25, -0.2) is 0 Å². The van der Waals surface area contributed by atoms with E-state index in [4.69, 9.17) is 4.74 Å². The Morgan fingerprint density at radius 3 is 2.44 bits per heavy atom. The van der Waals surface area contributed by atoms with E-state index in [1.165, 1.54) is 12.8 Å². The van der Waals surface area contributed by atoms with Crippen molar-refractivity contribution in [1.82, 2.24) is 10.2 Å². The average Bonchev–Trinajstić information content (AvgIpc) is 2.91. The topological polar surface area (TPSA) is 41.6 Å². The van der Waals surface area contributed by atoms with Crippen molar-refractivity contribution in [1.29, 1.82) is 0 Å². The van der Waals surface area contributed by atoms with Crippen molar-refractivity contribution in [2.75, 3.05) is 7.05 Å². The summed E-state index contributed by atoms with van der Waals surface area (Å²) in [5, 5.41) is 3.64. The quantitative estimate of drug-likeness (QED) is 0.887. The number of amides is 1. The zero-order chi connectivity index (χ0) is 18.1. The van der Waals surface area contributed by atoms with Crippen LogP contribution < -0.4 is 10.1 Å². The molecule has 1 N–H and O–H groups in total. The summed E-state index contributed by atoms with van der Waals surface area (Å²) in [5.74, 6) is 1.30. The van der Waals surface area contributed by atoms with Crippen molar-refractivity contribution in [3.63, 3.8) is 0 Å². The number of ether oxygens (including phenoxy) is 1. The molecule has 3 unspecified atom stereocenters. The highest BCUT2D eigenvalue weighted by atomic mass is 16.5. The van der Waals surface area contributed by atoms with Gasteiger partial charge in [-0.3, -0.25) is 4.79 Å². The number of carbonyl (C=O) groups excluding carboxylic acids is 1. The molecule has 25 heavy (non-hydrogen) atoms. The van der Waals surface area contributed by atoms with E-state index in [9.17, 15) is 4.79 Å². The predicted octanol–water partition coefficient (Wildman–Crippen LogP) is 3.63. The summed E-state index contributed by atoms with van der Waals surface area (Å²) >= 11 is 0. The fraction of sp³-hybridized carbons (Fsp3) is 0.667. The first-order valence-corrected chi connectivity index (χ1v) is 9.65. The smallest absolute Gasteiger partial charge is 0.263 e. The lowest BCUT2D eigenvalue weighted by molar-refractivity contribution is -0.139. The van der Waals surface area contributed by atoms with E-state index in [2.05, 4.69) is 38.2 Å². The maximum Gasteiger partial charge on any atom is 0.263 e. The number of benzene rings is 1. The van der Waals surface area contributed by atoms with Crippen molar-refractivity contribution in [3.05, 3.63) is 29.3 Å². The second kappa shape index (κ2) is 7.36. The number of aryl methyl sites for hydroxylation is 1. The Labute approximate surface area is 151 Å². The SMILES string of the molecule is Cc1ccc(C(C)C)c(OC(C)C(=O)N(C)C2CC3CCC(C2)N3)c1. The van der Waals surface area contributed by atoms with Crippen molar-refractivity contribution < 1.29 is 9.53 Å². The summed E-state index contributed by atoms with van der Waals surface area (Å²) in [6.07, 6.45) is 4.16. The van der Waals surface area contributed by atoms with Crippen LogP contribution in [-0.2, 0) is 4.79 Å². The van der Waals surface area contributed by atoms with Crippen molar-refractivity contribution in [3.8, 4) is 5.75 Å². The molecule has 3 atom stereocenters. The molecular weight excluding hydrogens is 312 g/mol. The van der Waals surface area contributed by atoms with Crippen LogP contribution in [0.4, 0.5) is 0 Å². The van der Waals surface area contributed by atoms with Gasteiger partial charge in [0.2, 0.25) is 0 Å². The summed E-state index contributed by atoms with van der Waals surface area (Å²) in [5.41, 5.74) is 2.31. The zero-order valence-corrected chi connectivity index (χ0v) is 16.2. The van der Waals surface area contributed by atoms with Crippen LogP contribution in [-0.4, -0.2) is 42.1 Å². The molecule has 1 aromatic rings. The van der Waals surface area contributed by atoms with Gasteiger partial charge in [-0.15, -0.1) is 0 Å². The van der Waals surface area contributed by atoms with E-state index in [0.717, 1.165) is 29.7 Å². The summed E-state index contributed by atoms with van der Waals surface area (Å²) < 4.78 is 6.12. The Balaban J connectivity index is 1.67. The lowest BCUT2D eigenvalue weighted by atomic mass is 9.98. The molecule has 138 valence electrons. The first kappa shape index (κ1) is 18.2. The lowest BCUT2D eigenvalue weighted by Crippen LogP contribution is -2.51. The second-order valence-corrected chi connectivity index (χ2v) is 8.17. The van der Waals surface area contributed by atoms with E-state index in [-0.39, 0.29) is 5.91 Å². The number of piperidine rings is 1. The number of likely N-dealkylation sites (N-methyl/N-ethyl adjacent to an activating group) is 1. The van der Waals surface area contributed by atoms with Gasteiger partial charge in [-0.05, 0) is 62.6 Å². The van der Waals surface area contributed by atoms with Crippen LogP contribution in [0.15, 0.2) is 18.2 Å². The van der Waals surface area contributed by atoms with Gasteiger partial charge in [0.05, 0.1) is 0 Å². The molecule has 1 aromatic carbocycles. The number of carbonyl (C=O) groups is 1. The molecule has 1 amide bonds. The molecular formula is C21H32N2O2. The van der Waals surface area contributed by atoms with Gasteiger partial charge in [0.15, 0.2) is 6.10 Å². The Morgan fingerprint density at radius 2 is 1.84 bits per heavy atom. The molecule has 0 aliphatic carbocycles. The Bertz CT molecular complexity index is 616. The van der Waals surface area contributed by atoms with E-state index >= 15 is 0 Å². The van der Waals surface area contributed by atoms with Crippen LogP contribution in [0.2, 0.25) is 0 Å². The van der Waals surface area contributed by atoms with Gasteiger partial charge >= 0.3 is 0 Å². The molecule has 0 saturated carbocycles.